The molecule has 1 aromatic carbocycles. The molecule has 0 saturated heterocycles. The number of hydrazone groups is 1. The maximum atomic E-state index is 12.9. The van der Waals surface area contributed by atoms with Crippen molar-refractivity contribution in [1.82, 2.24) is 9.99 Å². The van der Waals surface area contributed by atoms with Gasteiger partial charge >= 0.3 is 0 Å². The minimum Gasteiger partial charge on any atom is -0.323 e. The Hall–Kier alpha value is -2.36. The van der Waals surface area contributed by atoms with E-state index in [1.54, 1.807) is 0 Å². The van der Waals surface area contributed by atoms with Crippen LogP contribution in [0.15, 0.2) is 53.9 Å². The maximum Gasteiger partial charge on any atom is 0.273 e. The van der Waals surface area contributed by atoms with Gasteiger partial charge in [-0.25, -0.2) is 5.43 Å². The van der Waals surface area contributed by atoms with Crippen molar-refractivity contribution in [2.24, 2.45) is 28.3 Å². The number of hydrogen-bond donors (Lipinski definition) is 1. The van der Waals surface area contributed by atoms with Crippen LogP contribution in [0.1, 0.15) is 55.8 Å². The Labute approximate surface area is 160 Å². The van der Waals surface area contributed by atoms with Crippen molar-refractivity contribution >= 4 is 11.6 Å². The number of amides is 1. The van der Waals surface area contributed by atoms with Crippen molar-refractivity contribution in [2.75, 3.05) is 0 Å². The maximum absolute atomic E-state index is 12.9. The van der Waals surface area contributed by atoms with Crippen molar-refractivity contribution in [1.29, 1.82) is 0 Å². The predicted molar refractivity (Wildman–Crippen MR) is 107 cm³/mol. The average Bonchev–Trinajstić information content (AvgIpc) is 3.19. The molecule has 0 aliphatic heterocycles. The Kier molecular flexibility index (Phi) is 3.96. The molecule has 4 aliphatic rings. The van der Waals surface area contributed by atoms with E-state index in [1.165, 1.54) is 38.5 Å². The zero-order chi connectivity index (χ0) is 18.4. The van der Waals surface area contributed by atoms with Crippen molar-refractivity contribution < 1.29 is 4.79 Å². The summed E-state index contributed by atoms with van der Waals surface area (Å²) in [5, 5.41) is 4.62. The van der Waals surface area contributed by atoms with Crippen LogP contribution >= 0.6 is 0 Å². The smallest absolute Gasteiger partial charge is 0.273 e. The topological polar surface area (TPSA) is 46.4 Å². The Balaban J connectivity index is 1.37. The summed E-state index contributed by atoms with van der Waals surface area (Å²) in [6, 6.07) is 11.6. The van der Waals surface area contributed by atoms with E-state index >= 15 is 0 Å². The fraction of sp³-hybridized carbons (Fsp3) is 0.478. The van der Waals surface area contributed by atoms with E-state index in [2.05, 4.69) is 17.5 Å². The molecular weight excluding hydrogens is 334 g/mol. The van der Waals surface area contributed by atoms with E-state index in [-0.39, 0.29) is 11.3 Å². The van der Waals surface area contributed by atoms with Crippen LogP contribution < -0.4 is 5.43 Å². The van der Waals surface area contributed by atoms with Crippen LogP contribution in [0.2, 0.25) is 0 Å². The number of hydrogen-bond acceptors (Lipinski definition) is 2. The van der Waals surface area contributed by atoms with Gasteiger partial charge in [0.2, 0.25) is 0 Å². The first-order valence-corrected chi connectivity index (χ1v) is 10.2. The second kappa shape index (κ2) is 6.36. The predicted octanol–water partition coefficient (Wildman–Crippen LogP) is 4.80. The van der Waals surface area contributed by atoms with E-state index in [1.807, 2.05) is 53.4 Å². The van der Waals surface area contributed by atoms with E-state index in [0.29, 0.717) is 5.56 Å². The third-order valence-electron chi connectivity index (χ3n) is 7.16. The van der Waals surface area contributed by atoms with E-state index < -0.39 is 0 Å². The van der Waals surface area contributed by atoms with Gasteiger partial charge in [0, 0.05) is 23.5 Å². The molecule has 4 nitrogen and oxygen atoms in total. The highest BCUT2D eigenvalue weighted by molar-refractivity contribution is 5.99. The van der Waals surface area contributed by atoms with E-state index in [0.717, 1.165) is 29.2 Å². The zero-order valence-corrected chi connectivity index (χ0v) is 15.9. The van der Waals surface area contributed by atoms with Crippen LogP contribution in [0, 0.1) is 23.2 Å². The summed E-state index contributed by atoms with van der Waals surface area (Å²) < 4.78 is 1.96. The molecule has 0 spiro atoms. The molecular formula is C23H27N3O. The third-order valence-corrected chi connectivity index (χ3v) is 7.16. The molecule has 0 atom stereocenters. The van der Waals surface area contributed by atoms with Crippen LogP contribution in [0.3, 0.4) is 0 Å². The summed E-state index contributed by atoms with van der Waals surface area (Å²) in [7, 11) is 0. The Bertz CT molecular complexity index is 846. The van der Waals surface area contributed by atoms with Gasteiger partial charge in [-0.2, -0.15) is 5.10 Å². The summed E-state index contributed by atoms with van der Waals surface area (Å²) in [5.41, 5.74) is 5.76. The van der Waals surface area contributed by atoms with Gasteiger partial charge in [0.05, 0.1) is 11.3 Å². The molecule has 4 saturated carbocycles. The quantitative estimate of drug-likeness (QED) is 0.617. The second-order valence-electron chi connectivity index (χ2n) is 8.94. The molecule has 140 valence electrons. The van der Waals surface area contributed by atoms with Crippen LogP contribution in [-0.2, 0) is 0 Å². The summed E-state index contributed by atoms with van der Waals surface area (Å²) >= 11 is 0. The summed E-state index contributed by atoms with van der Waals surface area (Å²) in [6.45, 7) is 2.13. The van der Waals surface area contributed by atoms with Gasteiger partial charge in [-0.05, 0) is 87.5 Å². The lowest BCUT2D eigenvalue weighted by atomic mass is 9.48. The number of rotatable bonds is 4. The van der Waals surface area contributed by atoms with Gasteiger partial charge in [0.15, 0.2) is 0 Å². The van der Waals surface area contributed by atoms with Crippen LogP contribution in [0.25, 0.3) is 5.69 Å². The lowest BCUT2D eigenvalue weighted by Gasteiger charge is -2.56. The highest BCUT2D eigenvalue weighted by atomic mass is 16.2. The molecule has 4 aliphatic carbocycles. The molecule has 0 radical (unpaired) electrons. The lowest BCUT2D eigenvalue weighted by molar-refractivity contribution is -0.0128. The van der Waals surface area contributed by atoms with Gasteiger partial charge in [0.25, 0.3) is 5.91 Å². The first-order chi connectivity index (χ1) is 13.1. The highest BCUT2D eigenvalue weighted by Crippen LogP contribution is 2.60. The minimum absolute atomic E-state index is 0.136. The number of para-hydroxylation sites is 1. The molecule has 1 amide bonds. The largest absolute Gasteiger partial charge is 0.323 e. The standard InChI is InChI=1S/C23H27N3O/c1-16(23-13-17-10-18(14-23)12-19(11-17)15-23)24-25-22(27)20-6-2-3-7-21(20)26-8-4-5-9-26/h2-9,17-19H,10-15H2,1H3,(H,25,27)/b24-16-. The number of nitrogens with one attached hydrogen (secondary N) is 1. The second-order valence-corrected chi connectivity index (χ2v) is 8.94. The molecule has 1 N–H and O–H groups in total. The first-order valence-electron chi connectivity index (χ1n) is 10.2. The fourth-order valence-corrected chi connectivity index (χ4v) is 6.25. The molecule has 1 heterocycles. The molecule has 4 bridgehead atoms. The first kappa shape index (κ1) is 16.8. The minimum atomic E-state index is -0.136. The molecule has 0 unspecified atom stereocenters. The number of nitrogens with zero attached hydrogens (tertiary/aromatic N) is 2. The monoisotopic (exact) mass is 361 g/mol. The highest BCUT2D eigenvalue weighted by Gasteiger charge is 2.52. The van der Waals surface area contributed by atoms with Gasteiger partial charge in [-0.1, -0.05) is 12.1 Å². The summed E-state index contributed by atoms with van der Waals surface area (Å²) in [6.07, 6.45) is 12.0. The van der Waals surface area contributed by atoms with Crippen molar-refractivity contribution in [3.63, 3.8) is 0 Å². The lowest BCUT2D eigenvalue weighted by Crippen LogP contribution is -2.49. The summed E-state index contributed by atoms with van der Waals surface area (Å²) in [4.78, 5) is 12.9. The summed E-state index contributed by atoms with van der Waals surface area (Å²) in [5.74, 6) is 2.51. The van der Waals surface area contributed by atoms with Crippen LogP contribution in [0.5, 0.6) is 0 Å². The Morgan fingerprint density at radius 2 is 1.59 bits per heavy atom. The molecule has 4 heteroatoms. The Morgan fingerprint density at radius 1 is 1.00 bits per heavy atom. The van der Waals surface area contributed by atoms with E-state index in [4.69, 9.17) is 0 Å². The van der Waals surface area contributed by atoms with Gasteiger partial charge < -0.3 is 4.57 Å². The number of carbonyl (C=O) groups excluding carboxylic acids is 1. The molecule has 27 heavy (non-hydrogen) atoms. The fourth-order valence-electron chi connectivity index (χ4n) is 6.25. The molecule has 2 aromatic rings. The number of aromatic nitrogens is 1. The van der Waals surface area contributed by atoms with Gasteiger partial charge in [0.1, 0.15) is 0 Å². The van der Waals surface area contributed by atoms with Crippen LogP contribution in [-0.4, -0.2) is 16.2 Å². The van der Waals surface area contributed by atoms with E-state index in [9.17, 15) is 4.79 Å². The average molecular weight is 361 g/mol. The normalized spacial score (nSPS) is 31.9. The molecule has 1 aromatic heterocycles. The van der Waals surface area contributed by atoms with Crippen LogP contribution in [0.4, 0.5) is 0 Å². The zero-order valence-electron chi connectivity index (χ0n) is 15.9. The van der Waals surface area contributed by atoms with Gasteiger partial charge in [-0.3, -0.25) is 4.79 Å². The third kappa shape index (κ3) is 2.91. The molecule has 4 fully saturated rings. The van der Waals surface area contributed by atoms with Crippen molar-refractivity contribution in [2.45, 2.75) is 45.4 Å². The molecule has 6 rings (SSSR count). The van der Waals surface area contributed by atoms with Crippen molar-refractivity contribution in [3.8, 4) is 5.69 Å². The van der Waals surface area contributed by atoms with Crippen molar-refractivity contribution in [3.05, 3.63) is 54.4 Å². The Morgan fingerprint density at radius 3 is 2.22 bits per heavy atom. The number of benzene rings is 1. The SMILES string of the molecule is C/C(=N/NC(=O)c1ccccc1-n1cccc1)C12CC3CC(CC(C3)C1)C2. The number of carbonyl (C=O) groups is 1. The van der Waals surface area contributed by atoms with Gasteiger partial charge in [-0.15, -0.1) is 0 Å².